The standard InChI is InChI=1S/C26H29FO/c1-3-5-20-6-8-21(9-7-20)10-11-23-12-13-24(19-26(23)27)22-14-16-25(17-15-22)28-18-4-2/h6-9,12-17,19H,3-5,10-11,18H2,1-2H3. The van der Waals surface area contributed by atoms with E-state index < -0.39 is 0 Å². The van der Waals surface area contributed by atoms with E-state index in [4.69, 9.17) is 4.74 Å². The minimum absolute atomic E-state index is 0.133. The molecule has 0 aliphatic rings. The number of hydrogen-bond donors (Lipinski definition) is 0. The smallest absolute Gasteiger partial charge is 0.127 e. The molecular formula is C26H29FO. The summed E-state index contributed by atoms with van der Waals surface area (Å²) >= 11 is 0. The third-order valence-corrected chi connectivity index (χ3v) is 4.96. The van der Waals surface area contributed by atoms with Crippen molar-refractivity contribution in [1.29, 1.82) is 0 Å². The Labute approximate surface area is 168 Å². The Morgan fingerprint density at radius 1 is 0.679 bits per heavy atom. The van der Waals surface area contributed by atoms with Gasteiger partial charge in [0.15, 0.2) is 0 Å². The fourth-order valence-corrected chi connectivity index (χ4v) is 3.33. The van der Waals surface area contributed by atoms with Gasteiger partial charge in [0, 0.05) is 0 Å². The van der Waals surface area contributed by atoms with Crippen LogP contribution in [-0.4, -0.2) is 6.61 Å². The highest BCUT2D eigenvalue weighted by Gasteiger charge is 2.07. The van der Waals surface area contributed by atoms with Crippen LogP contribution in [0.25, 0.3) is 11.1 Å². The van der Waals surface area contributed by atoms with E-state index in [0.717, 1.165) is 48.1 Å². The third kappa shape index (κ3) is 5.45. The fourth-order valence-electron chi connectivity index (χ4n) is 3.33. The Morgan fingerprint density at radius 3 is 1.93 bits per heavy atom. The minimum Gasteiger partial charge on any atom is -0.494 e. The van der Waals surface area contributed by atoms with Crippen molar-refractivity contribution in [3.63, 3.8) is 0 Å². The number of benzene rings is 3. The molecule has 0 N–H and O–H groups in total. The summed E-state index contributed by atoms with van der Waals surface area (Å²) in [6.07, 6.45) is 4.82. The number of hydrogen-bond acceptors (Lipinski definition) is 1. The summed E-state index contributed by atoms with van der Waals surface area (Å²) in [7, 11) is 0. The lowest BCUT2D eigenvalue weighted by molar-refractivity contribution is 0.317. The molecule has 3 aromatic rings. The van der Waals surface area contributed by atoms with Crippen LogP contribution in [0, 0.1) is 5.82 Å². The zero-order valence-electron chi connectivity index (χ0n) is 16.9. The lowest BCUT2D eigenvalue weighted by atomic mass is 9.99. The predicted octanol–water partition coefficient (Wildman–Crippen LogP) is 7.02. The van der Waals surface area contributed by atoms with E-state index in [0.29, 0.717) is 13.0 Å². The fraction of sp³-hybridized carbons (Fsp3) is 0.308. The molecule has 0 spiro atoms. The molecule has 0 aromatic heterocycles. The Bertz CT molecular complexity index is 866. The van der Waals surface area contributed by atoms with Gasteiger partial charge in [-0.3, -0.25) is 0 Å². The SMILES string of the molecule is CCCOc1ccc(-c2ccc(CCc3ccc(CCC)cc3)c(F)c2)cc1. The molecule has 2 heteroatoms. The second kappa shape index (κ2) is 10.1. The van der Waals surface area contributed by atoms with Crippen molar-refractivity contribution in [3.8, 4) is 16.9 Å². The van der Waals surface area contributed by atoms with Crippen molar-refractivity contribution < 1.29 is 9.13 Å². The number of rotatable bonds is 9. The molecule has 0 atom stereocenters. The van der Waals surface area contributed by atoms with Crippen LogP contribution in [0.2, 0.25) is 0 Å². The monoisotopic (exact) mass is 376 g/mol. The second-order valence-electron chi connectivity index (χ2n) is 7.25. The molecule has 3 rings (SSSR count). The van der Waals surface area contributed by atoms with Gasteiger partial charge < -0.3 is 4.74 Å². The van der Waals surface area contributed by atoms with Crippen LogP contribution < -0.4 is 4.74 Å². The van der Waals surface area contributed by atoms with Crippen LogP contribution in [0.15, 0.2) is 66.7 Å². The molecule has 1 nitrogen and oxygen atoms in total. The summed E-state index contributed by atoms with van der Waals surface area (Å²) in [5.74, 6) is 0.721. The lowest BCUT2D eigenvalue weighted by Gasteiger charge is -2.09. The van der Waals surface area contributed by atoms with Crippen molar-refractivity contribution in [3.05, 3.63) is 89.2 Å². The first-order chi connectivity index (χ1) is 13.7. The molecule has 0 fully saturated rings. The Balaban J connectivity index is 1.63. The van der Waals surface area contributed by atoms with E-state index in [1.807, 2.05) is 36.4 Å². The first kappa shape index (κ1) is 20.1. The van der Waals surface area contributed by atoms with Gasteiger partial charge in [0.2, 0.25) is 0 Å². The van der Waals surface area contributed by atoms with Crippen molar-refractivity contribution >= 4 is 0 Å². The van der Waals surface area contributed by atoms with Crippen LogP contribution in [0.5, 0.6) is 5.75 Å². The first-order valence-electron chi connectivity index (χ1n) is 10.3. The van der Waals surface area contributed by atoms with Crippen molar-refractivity contribution in [2.24, 2.45) is 0 Å². The number of ether oxygens (including phenoxy) is 1. The van der Waals surface area contributed by atoms with E-state index in [9.17, 15) is 4.39 Å². The summed E-state index contributed by atoms with van der Waals surface area (Å²) < 4.78 is 20.2. The van der Waals surface area contributed by atoms with Gasteiger partial charge in [-0.25, -0.2) is 4.39 Å². The van der Waals surface area contributed by atoms with Crippen LogP contribution in [0.3, 0.4) is 0 Å². The van der Waals surface area contributed by atoms with Crippen molar-refractivity contribution in [2.75, 3.05) is 6.61 Å². The molecule has 146 valence electrons. The van der Waals surface area contributed by atoms with Gasteiger partial charge in [0.25, 0.3) is 0 Å². The van der Waals surface area contributed by atoms with Gasteiger partial charge in [0.1, 0.15) is 11.6 Å². The number of halogens is 1. The summed E-state index contributed by atoms with van der Waals surface area (Å²) in [6, 6.07) is 22.1. The van der Waals surface area contributed by atoms with Crippen LogP contribution in [0.4, 0.5) is 4.39 Å². The molecule has 3 aromatic carbocycles. The molecule has 0 saturated carbocycles. The Hall–Kier alpha value is -2.61. The summed E-state index contributed by atoms with van der Waals surface area (Å²) in [5, 5.41) is 0. The van der Waals surface area contributed by atoms with Gasteiger partial charge in [-0.2, -0.15) is 0 Å². The maximum atomic E-state index is 14.6. The second-order valence-corrected chi connectivity index (χ2v) is 7.25. The molecule has 0 aliphatic carbocycles. The normalized spacial score (nSPS) is 10.8. The third-order valence-electron chi connectivity index (χ3n) is 4.96. The van der Waals surface area contributed by atoms with Crippen LogP contribution >= 0.6 is 0 Å². The molecule has 0 saturated heterocycles. The van der Waals surface area contributed by atoms with Gasteiger partial charge >= 0.3 is 0 Å². The van der Waals surface area contributed by atoms with Gasteiger partial charge in [-0.15, -0.1) is 0 Å². The molecule has 0 radical (unpaired) electrons. The molecule has 0 unspecified atom stereocenters. The molecule has 0 bridgehead atoms. The van der Waals surface area contributed by atoms with Crippen molar-refractivity contribution in [1.82, 2.24) is 0 Å². The zero-order valence-corrected chi connectivity index (χ0v) is 16.9. The lowest BCUT2D eigenvalue weighted by Crippen LogP contribution is -1.96. The minimum atomic E-state index is -0.133. The largest absolute Gasteiger partial charge is 0.494 e. The van der Waals surface area contributed by atoms with Gasteiger partial charge in [-0.1, -0.05) is 68.8 Å². The van der Waals surface area contributed by atoms with E-state index >= 15 is 0 Å². The molecule has 0 aliphatic heterocycles. The molecule has 28 heavy (non-hydrogen) atoms. The average Bonchev–Trinajstić information content (AvgIpc) is 2.73. The number of aryl methyl sites for hydroxylation is 3. The highest BCUT2D eigenvalue weighted by atomic mass is 19.1. The molecule has 0 amide bonds. The average molecular weight is 377 g/mol. The first-order valence-corrected chi connectivity index (χ1v) is 10.3. The van der Waals surface area contributed by atoms with E-state index in [1.165, 1.54) is 11.1 Å². The molecular weight excluding hydrogens is 347 g/mol. The van der Waals surface area contributed by atoms with E-state index in [-0.39, 0.29) is 5.82 Å². The van der Waals surface area contributed by atoms with Crippen LogP contribution in [-0.2, 0) is 19.3 Å². The van der Waals surface area contributed by atoms with Crippen molar-refractivity contribution in [2.45, 2.75) is 46.0 Å². The maximum absolute atomic E-state index is 14.6. The highest BCUT2D eigenvalue weighted by Crippen LogP contribution is 2.25. The van der Waals surface area contributed by atoms with Gasteiger partial charge in [-0.05, 0) is 71.7 Å². The maximum Gasteiger partial charge on any atom is 0.127 e. The van der Waals surface area contributed by atoms with Gasteiger partial charge in [0.05, 0.1) is 6.61 Å². The summed E-state index contributed by atoms with van der Waals surface area (Å²) in [5.41, 5.74) is 5.29. The topological polar surface area (TPSA) is 9.23 Å². The summed E-state index contributed by atoms with van der Waals surface area (Å²) in [4.78, 5) is 0. The molecule has 0 heterocycles. The van der Waals surface area contributed by atoms with E-state index in [2.05, 4.69) is 38.1 Å². The predicted molar refractivity (Wildman–Crippen MR) is 115 cm³/mol. The highest BCUT2D eigenvalue weighted by molar-refractivity contribution is 5.64. The Morgan fingerprint density at radius 2 is 1.32 bits per heavy atom. The zero-order chi connectivity index (χ0) is 19.8. The quantitative estimate of drug-likeness (QED) is 0.390. The summed E-state index contributed by atoms with van der Waals surface area (Å²) in [6.45, 7) is 4.99. The Kier molecular flexibility index (Phi) is 7.25. The van der Waals surface area contributed by atoms with Crippen LogP contribution in [0.1, 0.15) is 43.4 Å². The van der Waals surface area contributed by atoms with E-state index in [1.54, 1.807) is 6.07 Å².